The van der Waals surface area contributed by atoms with Crippen LogP contribution in [0, 0.1) is 5.92 Å². The number of carbonyl (C=O) groups excluding carboxylic acids is 1. The number of amides is 1. The molecule has 3 atom stereocenters. The first-order valence-electron chi connectivity index (χ1n) is 8.13. The smallest absolute Gasteiger partial charge is 0.224 e. The van der Waals surface area contributed by atoms with Crippen LogP contribution in [0.25, 0.3) is 0 Å². The minimum Gasteiger partial charge on any atom is -0.495 e. The highest BCUT2D eigenvalue weighted by molar-refractivity contribution is 5.80. The van der Waals surface area contributed by atoms with Crippen LogP contribution in [0.1, 0.15) is 25.7 Å². The molecule has 1 saturated carbocycles. The Kier molecular flexibility index (Phi) is 4.52. The number of para-hydroxylation sites is 2. The molecule has 120 valence electrons. The van der Waals surface area contributed by atoms with Crippen LogP contribution in [0.2, 0.25) is 0 Å². The van der Waals surface area contributed by atoms with Gasteiger partial charge in [0.1, 0.15) is 5.75 Å². The van der Waals surface area contributed by atoms with Crippen molar-refractivity contribution in [2.24, 2.45) is 11.7 Å². The van der Waals surface area contributed by atoms with Gasteiger partial charge in [-0.3, -0.25) is 4.79 Å². The fourth-order valence-electron chi connectivity index (χ4n) is 3.61. The van der Waals surface area contributed by atoms with E-state index < -0.39 is 0 Å². The average Bonchev–Trinajstić information content (AvgIpc) is 3.16. The summed E-state index contributed by atoms with van der Waals surface area (Å²) in [6.45, 7) is 1.76. The van der Waals surface area contributed by atoms with Crippen LogP contribution in [-0.4, -0.2) is 38.2 Å². The first-order valence-corrected chi connectivity index (χ1v) is 8.13. The summed E-state index contributed by atoms with van der Waals surface area (Å²) >= 11 is 0. The molecule has 0 unspecified atom stereocenters. The van der Waals surface area contributed by atoms with Crippen molar-refractivity contribution in [2.45, 2.75) is 37.8 Å². The van der Waals surface area contributed by atoms with E-state index in [1.165, 1.54) is 0 Å². The molecular formula is C17H25N3O2. The molecule has 2 aliphatic rings. The van der Waals surface area contributed by atoms with Gasteiger partial charge in [-0.25, -0.2) is 0 Å². The lowest BCUT2D eigenvalue weighted by molar-refractivity contribution is -0.125. The van der Waals surface area contributed by atoms with Gasteiger partial charge in [-0.15, -0.1) is 0 Å². The summed E-state index contributed by atoms with van der Waals surface area (Å²) in [5, 5.41) is 3.19. The topological polar surface area (TPSA) is 67.6 Å². The highest BCUT2D eigenvalue weighted by Crippen LogP contribution is 2.30. The Morgan fingerprint density at radius 3 is 2.86 bits per heavy atom. The average molecular weight is 303 g/mol. The molecule has 22 heavy (non-hydrogen) atoms. The third-order valence-corrected chi connectivity index (χ3v) is 4.87. The van der Waals surface area contributed by atoms with E-state index in [9.17, 15) is 4.79 Å². The van der Waals surface area contributed by atoms with Gasteiger partial charge in [0.15, 0.2) is 0 Å². The van der Waals surface area contributed by atoms with E-state index in [0.29, 0.717) is 0 Å². The van der Waals surface area contributed by atoms with Crippen molar-refractivity contribution < 1.29 is 9.53 Å². The summed E-state index contributed by atoms with van der Waals surface area (Å²) in [4.78, 5) is 14.6. The standard InChI is InChI=1S/C17H25N3O2/c1-22-16-8-3-2-7-15(16)20-10-9-12(11-20)19-17(21)13-5-4-6-14(13)18/h2-3,7-8,12-14H,4-6,9-11,18H2,1H3,(H,19,21)/t12-,13+,14+/m0/s1. The Labute approximate surface area is 131 Å². The van der Waals surface area contributed by atoms with Crippen molar-refractivity contribution >= 4 is 11.6 Å². The molecule has 1 saturated heterocycles. The minimum absolute atomic E-state index is 0.000288. The number of hydrogen-bond donors (Lipinski definition) is 2. The molecule has 1 aromatic carbocycles. The maximum absolute atomic E-state index is 12.3. The second-order valence-electron chi connectivity index (χ2n) is 6.31. The molecule has 0 aromatic heterocycles. The van der Waals surface area contributed by atoms with Crippen molar-refractivity contribution in [3.63, 3.8) is 0 Å². The number of anilines is 1. The van der Waals surface area contributed by atoms with Crippen molar-refractivity contribution in [2.75, 3.05) is 25.1 Å². The highest BCUT2D eigenvalue weighted by atomic mass is 16.5. The molecule has 1 aromatic rings. The Bertz CT molecular complexity index is 534. The SMILES string of the molecule is COc1ccccc1N1CC[C@H](NC(=O)[C@@H]2CCC[C@H]2N)C1. The van der Waals surface area contributed by atoms with Gasteiger partial charge in [0.25, 0.3) is 0 Å². The number of rotatable bonds is 4. The van der Waals surface area contributed by atoms with Gasteiger partial charge in [0.05, 0.1) is 18.7 Å². The number of ether oxygens (including phenoxy) is 1. The van der Waals surface area contributed by atoms with Crippen LogP contribution in [0.4, 0.5) is 5.69 Å². The Hall–Kier alpha value is -1.75. The number of nitrogens with one attached hydrogen (secondary N) is 1. The van der Waals surface area contributed by atoms with Gasteiger partial charge >= 0.3 is 0 Å². The van der Waals surface area contributed by atoms with Gasteiger partial charge in [-0.05, 0) is 31.4 Å². The Morgan fingerprint density at radius 1 is 1.32 bits per heavy atom. The summed E-state index contributed by atoms with van der Waals surface area (Å²) in [7, 11) is 1.69. The molecule has 1 heterocycles. The van der Waals surface area contributed by atoms with Crippen molar-refractivity contribution in [3.8, 4) is 5.75 Å². The third kappa shape index (κ3) is 3.04. The zero-order chi connectivity index (χ0) is 15.5. The number of nitrogens with two attached hydrogens (primary N) is 1. The van der Waals surface area contributed by atoms with Crippen molar-refractivity contribution in [3.05, 3.63) is 24.3 Å². The molecule has 1 aliphatic carbocycles. The Morgan fingerprint density at radius 2 is 2.14 bits per heavy atom. The van der Waals surface area contributed by atoms with Crippen LogP contribution >= 0.6 is 0 Å². The third-order valence-electron chi connectivity index (χ3n) is 4.87. The summed E-state index contributed by atoms with van der Waals surface area (Å²) in [5.74, 6) is 1.02. The summed E-state index contributed by atoms with van der Waals surface area (Å²) < 4.78 is 5.42. The molecule has 1 amide bonds. The molecule has 0 spiro atoms. The number of carbonyl (C=O) groups is 1. The molecule has 2 fully saturated rings. The largest absolute Gasteiger partial charge is 0.495 e. The lowest BCUT2D eigenvalue weighted by Gasteiger charge is -2.22. The fraction of sp³-hybridized carbons (Fsp3) is 0.588. The summed E-state index contributed by atoms with van der Waals surface area (Å²) in [6.07, 6.45) is 3.93. The zero-order valence-electron chi connectivity index (χ0n) is 13.1. The van der Waals surface area contributed by atoms with Crippen LogP contribution in [-0.2, 0) is 4.79 Å². The molecule has 5 nitrogen and oxygen atoms in total. The van der Waals surface area contributed by atoms with Gasteiger partial charge in [-0.2, -0.15) is 0 Å². The predicted molar refractivity (Wildman–Crippen MR) is 87.1 cm³/mol. The molecule has 0 bridgehead atoms. The summed E-state index contributed by atoms with van der Waals surface area (Å²) in [6, 6.07) is 8.26. The van der Waals surface area contributed by atoms with E-state index in [1.54, 1.807) is 7.11 Å². The molecule has 3 N–H and O–H groups in total. The van der Waals surface area contributed by atoms with E-state index >= 15 is 0 Å². The predicted octanol–water partition coefficient (Wildman–Crippen LogP) is 1.52. The fourth-order valence-corrected chi connectivity index (χ4v) is 3.61. The van der Waals surface area contributed by atoms with E-state index in [1.807, 2.05) is 18.2 Å². The Balaban J connectivity index is 1.59. The number of hydrogen-bond acceptors (Lipinski definition) is 4. The van der Waals surface area contributed by atoms with Crippen LogP contribution in [0.3, 0.4) is 0 Å². The van der Waals surface area contributed by atoms with Crippen LogP contribution in [0.5, 0.6) is 5.75 Å². The monoisotopic (exact) mass is 303 g/mol. The maximum Gasteiger partial charge on any atom is 0.224 e. The van der Waals surface area contributed by atoms with Gasteiger partial charge in [0, 0.05) is 25.2 Å². The first kappa shape index (κ1) is 15.2. The van der Waals surface area contributed by atoms with Crippen molar-refractivity contribution in [1.82, 2.24) is 5.32 Å². The molecule has 3 rings (SSSR count). The highest BCUT2D eigenvalue weighted by Gasteiger charge is 2.33. The summed E-state index contributed by atoms with van der Waals surface area (Å²) in [5.41, 5.74) is 7.12. The molecule has 5 heteroatoms. The number of nitrogens with zero attached hydrogens (tertiary/aromatic N) is 1. The van der Waals surface area contributed by atoms with Gasteiger partial charge in [0.2, 0.25) is 5.91 Å². The maximum atomic E-state index is 12.3. The lowest BCUT2D eigenvalue weighted by atomic mass is 10.0. The number of methoxy groups -OCH3 is 1. The van der Waals surface area contributed by atoms with E-state index in [4.69, 9.17) is 10.5 Å². The zero-order valence-corrected chi connectivity index (χ0v) is 13.1. The van der Waals surface area contributed by atoms with Crippen molar-refractivity contribution in [1.29, 1.82) is 0 Å². The quantitative estimate of drug-likeness (QED) is 0.885. The van der Waals surface area contributed by atoms with E-state index in [2.05, 4.69) is 16.3 Å². The number of benzene rings is 1. The lowest BCUT2D eigenvalue weighted by Crippen LogP contribution is -2.44. The van der Waals surface area contributed by atoms with E-state index in [-0.39, 0.29) is 23.9 Å². The van der Waals surface area contributed by atoms with Gasteiger partial charge < -0.3 is 20.7 Å². The van der Waals surface area contributed by atoms with Crippen LogP contribution < -0.4 is 20.7 Å². The first-order chi connectivity index (χ1) is 10.7. The minimum atomic E-state index is 0.000288. The van der Waals surface area contributed by atoms with Gasteiger partial charge in [-0.1, -0.05) is 18.6 Å². The molecular weight excluding hydrogens is 278 g/mol. The van der Waals surface area contributed by atoms with E-state index in [0.717, 1.165) is 50.2 Å². The second kappa shape index (κ2) is 6.57. The second-order valence-corrected chi connectivity index (χ2v) is 6.31. The molecule has 0 radical (unpaired) electrons. The normalized spacial score (nSPS) is 27.9. The molecule has 1 aliphatic heterocycles. The van der Waals surface area contributed by atoms with Crippen LogP contribution in [0.15, 0.2) is 24.3 Å².